The molecule has 4 aromatic rings. The molecule has 0 radical (unpaired) electrons. The summed E-state index contributed by atoms with van der Waals surface area (Å²) in [6.45, 7) is 6.56. The Morgan fingerprint density at radius 1 is 0.979 bits per heavy atom. The predicted octanol–water partition coefficient (Wildman–Crippen LogP) is 5.72. The van der Waals surface area contributed by atoms with Gasteiger partial charge in [-0.05, 0) is 61.6 Å². The number of halogens is 3. The lowest BCUT2D eigenvalue weighted by Gasteiger charge is -2.32. The molecule has 1 saturated heterocycles. The Morgan fingerprint density at radius 2 is 1.65 bits per heavy atom. The number of carbonyl (C=O) groups excluding carboxylic acids is 1. The number of pyridine rings is 1. The van der Waals surface area contributed by atoms with Crippen LogP contribution in [-0.4, -0.2) is 82.0 Å². The van der Waals surface area contributed by atoms with E-state index in [0.29, 0.717) is 12.2 Å². The van der Waals surface area contributed by atoms with E-state index in [-0.39, 0.29) is 33.8 Å². The maximum atomic E-state index is 14.1. The molecule has 2 aliphatic rings. The zero-order valence-electron chi connectivity index (χ0n) is 27.3. The number of rotatable bonds is 11. The Kier molecular flexibility index (Phi) is 10.1. The summed E-state index contributed by atoms with van der Waals surface area (Å²) in [7, 11) is 2.17. The Hall–Kier alpha value is -4.26. The molecule has 9 nitrogen and oxygen atoms in total. The molecule has 2 fully saturated rings. The second-order valence-corrected chi connectivity index (χ2v) is 12.9. The number of piperazine rings is 1. The van der Waals surface area contributed by atoms with Gasteiger partial charge in [-0.2, -0.15) is 13.9 Å². The molecule has 1 unspecified atom stereocenters. The summed E-state index contributed by atoms with van der Waals surface area (Å²) >= 11 is 0. The zero-order chi connectivity index (χ0) is 33.8. The number of hydrogen-bond acceptors (Lipinski definition) is 7. The van der Waals surface area contributed by atoms with E-state index < -0.39 is 18.1 Å². The van der Waals surface area contributed by atoms with Crippen molar-refractivity contribution in [3.8, 4) is 22.3 Å². The molecule has 254 valence electrons. The number of benzene rings is 2. The van der Waals surface area contributed by atoms with Crippen molar-refractivity contribution in [2.24, 2.45) is 0 Å². The van der Waals surface area contributed by atoms with Crippen molar-refractivity contribution in [2.45, 2.75) is 63.7 Å². The first-order chi connectivity index (χ1) is 23.1. The molecule has 1 aliphatic carbocycles. The molecule has 2 aromatic carbocycles. The van der Waals surface area contributed by atoms with Crippen LogP contribution < -0.4 is 11.1 Å². The first kappa shape index (κ1) is 33.6. The number of aromatic nitrogens is 3. The average Bonchev–Trinajstić information content (AvgIpc) is 3.76. The second kappa shape index (κ2) is 14.5. The van der Waals surface area contributed by atoms with Crippen molar-refractivity contribution >= 4 is 11.7 Å². The van der Waals surface area contributed by atoms with Crippen molar-refractivity contribution in [1.29, 1.82) is 0 Å². The minimum Gasteiger partial charge on any atom is -0.383 e. The summed E-state index contributed by atoms with van der Waals surface area (Å²) in [6, 6.07) is 14.6. The van der Waals surface area contributed by atoms with E-state index in [1.54, 1.807) is 0 Å². The Balaban J connectivity index is 1.03. The Bertz CT molecular complexity index is 1690. The number of carbonyl (C=O) groups is 1. The quantitative estimate of drug-likeness (QED) is 0.212. The molecule has 12 heteroatoms. The lowest BCUT2D eigenvalue weighted by molar-refractivity contribution is -0.146. The fourth-order valence-corrected chi connectivity index (χ4v) is 6.23. The second-order valence-electron chi connectivity index (χ2n) is 12.9. The number of amides is 1. The minimum absolute atomic E-state index is 0.00609. The number of anilines is 1. The molecule has 0 spiro atoms. The van der Waals surface area contributed by atoms with Crippen LogP contribution in [0.4, 0.5) is 19.0 Å². The Morgan fingerprint density at radius 3 is 2.31 bits per heavy atom. The van der Waals surface area contributed by atoms with Crippen molar-refractivity contribution in [2.75, 3.05) is 39.0 Å². The van der Waals surface area contributed by atoms with Gasteiger partial charge in [-0.15, -0.1) is 0 Å². The Labute approximate surface area is 278 Å². The third-order valence-corrected chi connectivity index (χ3v) is 9.34. The number of ether oxygens (including phenoxy) is 1. The van der Waals surface area contributed by atoms with Crippen LogP contribution in [0.2, 0.25) is 0 Å². The summed E-state index contributed by atoms with van der Waals surface area (Å²) in [4.78, 5) is 22.3. The van der Waals surface area contributed by atoms with Crippen LogP contribution in [0, 0.1) is 0 Å². The van der Waals surface area contributed by atoms with Gasteiger partial charge < -0.3 is 20.7 Å². The molecular formula is C36H42F3N7O2. The van der Waals surface area contributed by atoms with Crippen LogP contribution >= 0.6 is 0 Å². The van der Waals surface area contributed by atoms with Crippen LogP contribution in [0.1, 0.15) is 47.7 Å². The lowest BCUT2D eigenvalue weighted by atomic mass is 10.0. The maximum absolute atomic E-state index is 14.1. The molecule has 1 aliphatic heterocycles. The van der Waals surface area contributed by atoms with Crippen molar-refractivity contribution in [3.05, 3.63) is 89.9 Å². The van der Waals surface area contributed by atoms with E-state index in [1.807, 2.05) is 0 Å². The molecule has 6 rings (SSSR count). The van der Waals surface area contributed by atoms with E-state index in [4.69, 9.17) is 10.5 Å². The largest absolute Gasteiger partial charge is 0.383 e. The zero-order valence-corrected chi connectivity index (χ0v) is 27.3. The van der Waals surface area contributed by atoms with Gasteiger partial charge in [-0.25, -0.2) is 14.1 Å². The van der Waals surface area contributed by atoms with Gasteiger partial charge in [0.1, 0.15) is 5.82 Å². The SMILES string of the molecule is CC(F)C(F)(F)n1cc(-c2cnc(N)c(C(=O)N[C@H]3CCC[C@@H]3OCc3ccc(-c4ccc(CN5CCN(C)CC5)cc4)cc3)c2)cn1. The summed E-state index contributed by atoms with van der Waals surface area (Å²) < 4.78 is 48.2. The molecule has 0 bridgehead atoms. The molecular weight excluding hydrogens is 619 g/mol. The van der Waals surface area contributed by atoms with Gasteiger partial charge in [0.15, 0.2) is 6.17 Å². The summed E-state index contributed by atoms with van der Waals surface area (Å²) in [5, 5.41) is 6.64. The van der Waals surface area contributed by atoms with Crippen LogP contribution in [-0.2, 0) is 23.9 Å². The summed E-state index contributed by atoms with van der Waals surface area (Å²) in [5.74, 6) is -0.428. The normalized spacial score (nSPS) is 19.8. The topological polar surface area (TPSA) is 102 Å². The summed E-state index contributed by atoms with van der Waals surface area (Å²) in [6.07, 6.45) is 3.39. The smallest absolute Gasteiger partial charge is 0.374 e. The van der Waals surface area contributed by atoms with Gasteiger partial charge in [0.2, 0.25) is 0 Å². The molecule has 3 atom stereocenters. The van der Waals surface area contributed by atoms with E-state index in [2.05, 4.69) is 80.8 Å². The molecule has 1 saturated carbocycles. The van der Waals surface area contributed by atoms with Gasteiger partial charge >= 0.3 is 6.05 Å². The molecule has 48 heavy (non-hydrogen) atoms. The highest BCUT2D eigenvalue weighted by atomic mass is 19.3. The third kappa shape index (κ3) is 7.72. The molecule has 1 amide bonds. The van der Waals surface area contributed by atoms with Gasteiger partial charge in [0.25, 0.3) is 5.91 Å². The monoisotopic (exact) mass is 661 g/mol. The number of alkyl halides is 3. The highest BCUT2D eigenvalue weighted by molar-refractivity contribution is 5.99. The van der Waals surface area contributed by atoms with Gasteiger partial charge in [0.05, 0.1) is 30.5 Å². The van der Waals surface area contributed by atoms with Crippen molar-refractivity contribution < 1.29 is 22.7 Å². The highest BCUT2D eigenvalue weighted by Crippen LogP contribution is 2.30. The van der Waals surface area contributed by atoms with E-state index in [1.165, 1.54) is 29.6 Å². The fourth-order valence-electron chi connectivity index (χ4n) is 6.23. The predicted molar refractivity (Wildman–Crippen MR) is 179 cm³/mol. The minimum atomic E-state index is -3.81. The average molecular weight is 662 g/mol. The number of nitrogen functional groups attached to an aromatic ring is 1. The number of nitrogens with two attached hydrogens (primary N) is 1. The van der Waals surface area contributed by atoms with E-state index in [9.17, 15) is 18.0 Å². The van der Waals surface area contributed by atoms with E-state index in [0.717, 1.165) is 76.2 Å². The lowest BCUT2D eigenvalue weighted by Crippen LogP contribution is -2.43. The van der Waals surface area contributed by atoms with Crippen molar-refractivity contribution in [3.63, 3.8) is 0 Å². The van der Waals surface area contributed by atoms with Crippen LogP contribution in [0.15, 0.2) is 73.2 Å². The maximum Gasteiger partial charge on any atom is 0.374 e. The van der Waals surface area contributed by atoms with E-state index >= 15 is 0 Å². The third-order valence-electron chi connectivity index (χ3n) is 9.34. The van der Waals surface area contributed by atoms with Crippen LogP contribution in [0.25, 0.3) is 22.3 Å². The first-order valence-electron chi connectivity index (χ1n) is 16.4. The number of hydrogen-bond donors (Lipinski definition) is 2. The van der Waals surface area contributed by atoms with Gasteiger partial charge in [-0.3, -0.25) is 9.69 Å². The van der Waals surface area contributed by atoms with Gasteiger partial charge in [-0.1, -0.05) is 48.5 Å². The number of nitrogens with zero attached hydrogens (tertiary/aromatic N) is 5. The standard InChI is InChI=1S/C36H42F3N7O2/c1-24(37)36(38,39)46-22-30(20-42-46)29-18-31(34(40)41-19-29)35(47)43-32-4-3-5-33(32)48-23-26-8-12-28(13-9-26)27-10-6-25(7-11-27)21-45-16-14-44(2)15-17-45/h6-13,18-20,22,24,32-33H,3-5,14-17,21,23H2,1-2H3,(H2,40,41)(H,43,47)/t24?,32-,33-/m0/s1. The van der Waals surface area contributed by atoms with Crippen LogP contribution in [0.5, 0.6) is 0 Å². The number of nitrogens with one attached hydrogen (secondary N) is 1. The van der Waals surface area contributed by atoms with Crippen molar-refractivity contribution in [1.82, 2.24) is 29.9 Å². The highest BCUT2D eigenvalue weighted by Gasteiger charge is 2.40. The van der Waals surface area contributed by atoms with Gasteiger partial charge in [0, 0.05) is 56.2 Å². The van der Waals surface area contributed by atoms with Crippen LogP contribution in [0.3, 0.4) is 0 Å². The molecule has 3 N–H and O–H groups in total. The first-order valence-corrected chi connectivity index (χ1v) is 16.4. The molecule has 2 aromatic heterocycles. The number of likely N-dealkylation sites (N-methyl/N-ethyl adjacent to an activating group) is 1. The summed E-state index contributed by atoms with van der Waals surface area (Å²) in [5.41, 5.74) is 11.4. The molecule has 3 heterocycles. The fraction of sp³-hybridized carbons (Fsp3) is 0.417.